The quantitative estimate of drug-likeness (QED) is 0.0256. The van der Waals surface area contributed by atoms with E-state index in [1.807, 2.05) is 0 Å². The molecule has 0 amide bonds. The molecule has 6 N–H and O–H groups in total. The Morgan fingerprint density at radius 1 is 0.500 bits per heavy atom. The molecule has 0 atom stereocenters. The molecule has 16 heteroatoms. The van der Waals surface area contributed by atoms with E-state index in [1.165, 1.54) is 0 Å². The van der Waals surface area contributed by atoms with Gasteiger partial charge in [-0.1, -0.05) is 37.3 Å². The molecule has 0 bridgehead atoms. The Morgan fingerprint density at radius 3 is 1.03 bits per heavy atom. The van der Waals surface area contributed by atoms with Gasteiger partial charge in [-0.3, -0.25) is 19.2 Å². The Hall–Kier alpha value is 0.360. The van der Waals surface area contributed by atoms with Gasteiger partial charge in [0.15, 0.2) is 0 Å². The van der Waals surface area contributed by atoms with Crippen molar-refractivity contribution in [2.24, 2.45) is 0 Å². The third kappa shape index (κ3) is 43.4. The maximum atomic E-state index is 10.3. The first-order valence-corrected chi connectivity index (χ1v) is 14.8. The molecule has 10 nitrogen and oxygen atoms in total. The van der Waals surface area contributed by atoms with Crippen molar-refractivity contribution in [2.75, 3.05) is 24.6 Å². The zero-order valence-corrected chi connectivity index (χ0v) is 29.9. The van der Waals surface area contributed by atoms with Gasteiger partial charge in [0.05, 0.1) is 0 Å². The standard InChI is InChI=1S/2C11H20NO4S2.2Na/c2*13-9(14)5-1-3-7-12-11(17)18-8-4-2-6-10(15)16;;/h2*18H,1-8H2,(H,12,17)(H,13,14)(H,15,16);;/q2*-1;2*+1. The Bertz CT molecular complexity index is 584. The summed E-state index contributed by atoms with van der Waals surface area (Å²) in [6, 6.07) is 0. The predicted molar refractivity (Wildman–Crippen MR) is 154 cm³/mol. The van der Waals surface area contributed by atoms with Crippen LogP contribution in [0.4, 0.5) is 0 Å². The minimum Gasteiger partial charge on any atom is -0.481 e. The Morgan fingerprint density at radius 2 is 0.763 bits per heavy atom. The minimum absolute atomic E-state index is 0. The summed E-state index contributed by atoms with van der Waals surface area (Å²) in [5, 5.41) is 39.9. The summed E-state index contributed by atoms with van der Waals surface area (Å²) in [5.74, 6) is -1.32. The van der Waals surface area contributed by atoms with E-state index in [1.54, 1.807) is 0 Å². The Kier molecular flexibility index (Phi) is 40.1. The van der Waals surface area contributed by atoms with Crippen molar-refractivity contribution in [3.63, 3.8) is 0 Å². The van der Waals surface area contributed by atoms with Crippen LogP contribution in [0, 0.1) is 0 Å². The van der Waals surface area contributed by atoms with Crippen molar-refractivity contribution in [3.05, 3.63) is 0 Å². The number of nitrogens with one attached hydrogen (secondary N) is 2. The fourth-order valence-electron chi connectivity index (χ4n) is 2.44. The first kappa shape index (κ1) is 45.4. The average molecular weight is 635 g/mol. The molecule has 0 aliphatic rings. The van der Waals surface area contributed by atoms with Crippen LogP contribution in [-0.4, -0.2) is 77.5 Å². The van der Waals surface area contributed by atoms with Crippen molar-refractivity contribution >= 4 is 80.5 Å². The maximum absolute atomic E-state index is 10.3. The van der Waals surface area contributed by atoms with Crippen LogP contribution in [0.25, 0.3) is 0 Å². The molecule has 0 unspecified atom stereocenters. The molecule has 0 aromatic rings. The number of carboxylic acid groups (broad SMARTS) is 4. The topological polar surface area (TPSA) is 173 Å². The van der Waals surface area contributed by atoms with Crippen molar-refractivity contribution in [1.82, 2.24) is 10.6 Å². The fourth-order valence-corrected chi connectivity index (χ4v) is 4.81. The van der Waals surface area contributed by atoms with Gasteiger partial charge in [0.25, 0.3) is 0 Å². The predicted octanol–water partition coefficient (Wildman–Crippen LogP) is -3.62. The number of aliphatic carboxylic acids is 4. The third-order valence-corrected chi connectivity index (χ3v) is 7.33. The summed E-state index contributed by atoms with van der Waals surface area (Å²) in [6.45, 7) is 1.41. The summed E-state index contributed by atoms with van der Waals surface area (Å²) >= 11 is 12.2. The van der Waals surface area contributed by atoms with Gasteiger partial charge in [0, 0.05) is 38.8 Å². The average Bonchev–Trinajstić information content (AvgIpc) is 2.77. The number of rotatable bonds is 20. The SMILES string of the molecule is O=C(O)CCCCNC(=S)[SH-]CCCCC(=O)O.O=C(O)CCCCNC(=S)[SH-]CCCCC(=O)O.[Na+].[Na+]. The fraction of sp³-hybridized carbons (Fsp3) is 0.727. The monoisotopic (exact) mass is 634 g/mol. The molecule has 212 valence electrons. The molecule has 0 aromatic heterocycles. The van der Waals surface area contributed by atoms with Crippen LogP contribution < -0.4 is 69.7 Å². The maximum Gasteiger partial charge on any atom is 1.00 e. The second-order valence-electron chi connectivity index (χ2n) is 7.63. The molecule has 0 spiro atoms. The first-order chi connectivity index (χ1) is 17.0. The molecule has 0 aromatic carbocycles. The zero-order valence-electron chi connectivity index (χ0n) is 22.4. The number of hydrogen-bond donors (Lipinski definition) is 6. The van der Waals surface area contributed by atoms with E-state index >= 15 is 0 Å². The van der Waals surface area contributed by atoms with Gasteiger partial charge >= 0.3 is 83.0 Å². The van der Waals surface area contributed by atoms with Crippen LogP contribution in [0.1, 0.15) is 77.0 Å². The van der Waals surface area contributed by atoms with E-state index in [-0.39, 0.29) is 84.8 Å². The number of hydrogen-bond acceptors (Lipinski definition) is 8. The van der Waals surface area contributed by atoms with Crippen molar-refractivity contribution < 1.29 is 98.7 Å². The van der Waals surface area contributed by atoms with E-state index in [0.717, 1.165) is 69.4 Å². The van der Waals surface area contributed by atoms with Crippen molar-refractivity contribution in [3.8, 4) is 0 Å². The number of thiocarbonyl (C=S) groups is 2. The molecule has 0 saturated heterocycles. The number of thiol groups is 2. The second-order valence-corrected chi connectivity index (χ2v) is 11.5. The zero-order chi connectivity index (χ0) is 27.6. The summed E-state index contributed by atoms with van der Waals surface area (Å²) in [7, 11) is 0. The largest absolute Gasteiger partial charge is 1.00 e. The molecule has 0 radical (unpaired) electrons. The van der Waals surface area contributed by atoms with Gasteiger partial charge in [-0.2, -0.15) is 0 Å². The van der Waals surface area contributed by atoms with E-state index in [4.69, 9.17) is 44.9 Å². The van der Waals surface area contributed by atoms with Crippen molar-refractivity contribution in [1.29, 1.82) is 0 Å². The normalized spacial score (nSPS) is 9.68. The van der Waals surface area contributed by atoms with Crippen LogP contribution in [0.3, 0.4) is 0 Å². The smallest absolute Gasteiger partial charge is 0.481 e. The van der Waals surface area contributed by atoms with Gasteiger partial charge in [-0.25, -0.2) is 0 Å². The van der Waals surface area contributed by atoms with Gasteiger partial charge < -0.3 is 54.6 Å². The summed E-state index contributed by atoms with van der Waals surface area (Å²) in [4.78, 5) is 41.0. The summed E-state index contributed by atoms with van der Waals surface area (Å²) < 4.78 is 1.50. The van der Waals surface area contributed by atoms with Gasteiger partial charge in [0.1, 0.15) is 0 Å². The number of carbonyl (C=O) groups is 4. The van der Waals surface area contributed by atoms with Gasteiger partial charge in [-0.05, 0) is 47.2 Å². The molecular weight excluding hydrogens is 594 g/mol. The molecule has 0 aliphatic carbocycles. The van der Waals surface area contributed by atoms with E-state index < -0.39 is 23.9 Å². The molecule has 0 aliphatic heterocycles. The minimum atomic E-state index is -0.769. The van der Waals surface area contributed by atoms with Crippen LogP contribution >= 0.6 is 24.4 Å². The summed E-state index contributed by atoms with van der Waals surface area (Å²) in [5.41, 5.74) is 0. The molecule has 0 saturated carbocycles. The van der Waals surface area contributed by atoms with Crippen molar-refractivity contribution in [2.45, 2.75) is 77.0 Å². The number of carboxylic acids is 4. The van der Waals surface area contributed by atoms with E-state index in [0.29, 0.717) is 38.8 Å². The van der Waals surface area contributed by atoms with Crippen LogP contribution in [0.15, 0.2) is 0 Å². The third-order valence-electron chi connectivity index (χ3n) is 4.30. The Labute approximate surface area is 288 Å². The molecule has 38 heavy (non-hydrogen) atoms. The van der Waals surface area contributed by atoms with Crippen LogP contribution in [0.2, 0.25) is 0 Å². The molecular formula is C22H40N2Na2O8S4. The van der Waals surface area contributed by atoms with Gasteiger partial charge in [-0.15, -0.1) is 11.5 Å². The Balaban J connectivity index is -0.000000289. The molecule has 0 fully saturated rings. The number of unbranched alkanes of at least 4 members (excludes halogenated alkanes) is 4. The van der Waals surface area contributed by atoms with E-state index in [2.05, 4.69) is 10.6 Å². The first-order valence-electron chi connectivity index (χ1n) is 11.8. The second kappa shape index (κ2) is 33.6. The molecule has 0 rings (SSSR count). The summed E-state index contributed by atoms with van der Waals surface area (Å²) in [6.07, 6.45) is 6.79. The molecule has 0 heterocycles. The van der Waals surface area contributed by atoms with Crippen LogP contribution in [0.5, 0.6) is 0 Å². The van der Waals surface area contributed by atoms with E-state index in [9.17, 15) is 19.2 Å². The van der Waals surface area contributed by atoms with Crippen LogP contribution in [-0.2, 0) is 42.7 Å². The van der Waals surface area contributed by atoms with Gasteiger partial charge in [0.2, 0.25) is 0 Å².